The zero-order valence-corrected chi connectivity index (χ0v) is 22.1. The first kappa shape index (κ1) is 22.8. The molecule has 5 aromatic rings. The third kappa shape index (κ3) is 3.84. The van der Waals surface area contributed by atoms with Crippen LogP contribution in [-0.4, -0.2) is 15.7 Å². The summed E-state index contributed by atoms with van der Waals surface area (Å²) in [5, 5.41) is 9.07. The van der Waals surface area contributed by atoms with Crippen LogP contribution in [0, 0.1) is 3.70 Å². The SMILES string of the molecule is CC(=O)Nc1cc2c(cc1Br)c(I)nn2C(c1ccccc1)(c1ccccc1)c1ccccc1. The third-order valence-corrected chi connectivity index (χ3v) is 7.38. The van der Waals surface area contributed by atoms with E-state index in [0.29, 0.717) is 5.69 Å². The normalized spacial score (nSPS) is 11.5. The van der Waals surface area contributed by atoms with E-state index in [1.807, 2.05) is 30.3 Å². The Morgan fingerprint density at radius 2 is 1.32 bits per heavy atom. The highest BCUT2D eigenvalue weighted by atomic mass is 127. The quantitative estimate of drug-likeness (QED) is 0.167. The Morgan fingerprint density at radius 3 is 1.76 bits per heavy atom. The van der Waals surface area contributed by atoms with Crippen LogP contribution in [0.2, 0.25) is 0 Å². The number of hydrogen-bond donors (Lipinski definition) is 1. The number of fused-ring (bicyclic) bond motifs is 1. The van der Waals surface area contributed by atoms with Crippen molar-refractivity contribution in [1.29, 1.82) is 0 Å². The van der Waals surface area contributed by atoms with Gasteiger partial charge in [0.1, 0.15) is 9.24 Å². The maximum absolute atomic E-state index is 11.9. The van der Waals surface area contributed by atoms with Crippen LogP contribution in [0.25, 0.3) is 10.9 Å². The van der Waals surface area contributed by atoms with E-state index in [-0.39, 0.29) is 5.91 Å². The van der Waals surface area contributed by atoms with Crippen molar-refractivity contribution in [2.75, 3.05) is 5.32 Å². The molecule has 0 atom stereocenters. The average molecular weight is 622 g/mol. The third-order valence-electron chi connectivity index (χ3n) is 5.93. The lowest BCUT2D eigenvalue weighted by molar-refractivity contribution is -0.114. The molecular weight excluding hydrogens is 601 g/mol. The van der Waals surface area contributed by atoms with Crippen molar-refractivity contribution in [2.45, 2.75) is 12.5 Å². The predicted octanol–water partition coefficient (Wildman–Crippen LogP) is 7.20. The van der Waals surface area contributed by atoms with E-state index in [2.05, 4.69) is 121 Å². The second-order valence-corrected chi connectivity index (χ2v) is 9.92. The minimum atomic E-state index is -0.729. The van der Waals surface area contributed by atoms with Gasteiger partial charge >= 0.3 is 0 Å². The number of anilines is 1. The standard InChI is InChI=1S/C28H21BrIN3O/c1-19(34)31-25-18-26-23(17-24(25)29)27(30)32-33(26)28(20-11-5-2-6-12-20,21-13-7-3-8-14-21)22-15-9-4-10-16-22/h2-18H,1H3,(H,31,34). The van der Waals surface area contributed by atoms with Crippen molar-refractivity contribution < 1.29 is 4.79 Å². The molecule has 0 fully saturated rings. The fourth-order valence-corrected chi connectivity index (χ4v) is 5.63. The Morgan fingerprint density at radius 1 is 0.853 bits per heavy atom. The van der Waals surface area contributed by atoms with Crippen LogP contribution in [-0.2, 0) is 10.3 Å². The molecule has 1 amide bonds. The molecule has 4 nitrogen and oxygen atoms in total. The number of amides is 1. The summed E-state index contributed by atoms with van der Waals surface area (Å²) in [4.78, 5) is 11.9. The summed E-state index contributed by atoms with van der Waals surface area (Å²) in [6, 6.07) is 35.4. The molecule has 1 N–H and O–H groups in total. The van der Waals surface area contributed by atoms with Crippen LogP contribution in [0.15, 0.2) is 108 Å². The number of rotatable bonds is 5. The number of nitrogens with zero attached hydrogens (tertiary/aromatic N) is 2. The Kier molecular flexibility index (Phi) is 6.27. The largest absolute Gasteiger partial charge is 0.325 e. The molecule has 168 valence electrons. The zero-order valence-electron chi connectivity index (χ0n) is 18.4. The summed E-state index contributed by atoms with van der Waals surface area (Å²) in [5.41, 5.74) is 4.19. The number of carbonyl (C=O) groups excluding carboxylic acids is 1. The lowest BCUT2D eigenvalue weighted by Gasteiger charge is -2.37. The molecule has 6 heteroatoms. The molecule has 0 saturated heterocycles. The molecule has 0 aliphatic heterocycles. The van der Waals surface area contributed by atoms with Gasteiger partial charge in [0, 0.05) is 16.8 Å². The van der Waals surface area contributed by atoms with Crippen molar-refractivity contribution in [3.8, 4) is 0 Å². The summed E-state index contributed by atoms with van der Waals surface area (Å²) in [6.45, 7) is 1.51. The maximum atomic E-state index is 11.9. The summed E-state index contributed by atoms with van der Waals surface area (Å²) in [5.74, 6) is -0.124. The lowest BCUT2D eigenvalue weighted by atomic mass is 9.77. The van der Waals surface area contributed by atoms with Crippen LogP contribution < -0.4 is 5.32 Å². The van der Waals surface area contributed by atoms with E-state index in [1.54, 1.807) is 0 Å². The Labute approximate surface area is 220 Å². The molecule has 0 aliphatic carbocycles. The van der Waals surface area contributed by atoms with E-state index in [1.165, 1.54) is 6.92 Å². The predicted molar refractivity (Wildman–Crippen MR) is 149 cm³/mol. The van der Waals surface area contributed by atoms with Gasteiger partial charge in [-0.1, -0.05) is 91.0 Å². The molecule has 0 saturated carbocycles. The number of nitrogens with one attached hydrogen (secondary N) is 1. The number of carbonyl (C=O) groups is 1. The topological polar surface area (TPSA) is 46.9 Å². The molecule has 0 radical (unpaired) electrons. The number of halogens is 2. The smallest absolute Gasteiger partial charge is 0.221 e. The van der Waals surface area contributed by atoms with Gasteiger partial charge in [0.25, 0.3) is 0 Å². The molecule has 34 heavy (non-hydrogen) atoms. The second kappa shape index (κ2) is 9.35. The molecule has 0 aliphatic rings. The van der Waals surface area contributed by atoms with E-state index < -0.39 is 5.54 Å². The molecule has 5 rings (SSSR count). The average Bonchev–Trinajstić information content (AvgIpc) is 3.17. The van der Waals surface area contributed by atoms with Crippen LogP contribution in [0.5, 0.6) is 0 Å². The van der Waals surface area contributed by atoms with Gasteiger partial charge in [-0.3, -0.25) is 4.79 Å². The van der Waals surface area contributed by atoms with Gasteiger partial charge in [0.05, 0.1) is 11.2 Å². The first-order chi connectivity index (χ1) is 16.5. The fraction of sp³-hybridized carbons (Fsp3) is 0.0714. The van der Waals surface area contributed by atoms with E-state index in [4.69, 9.17) is 5.10 Å². The number of benzene rings is 4. The molecule has 0 spiro atoms. The second-order valence-electron chi connectivity index (χ2n) is 8.04. The van der Waals surface area contributed by atoms with Gasteiger partial charge in [-0.25, -0.2) is 4.68 Å². The molecule has 0 unspecified atom stereocenters. The van der Waals surface area contributed by atoms with Crippen LogP contribution in [0.4, 0.5) is 5.69 Å². The molecule has 1 heterocycles. The van der Waals surface area contributed by atoms with Crippen molar-refractivity contribution in [1.82, 2.24) is 9.78 Å². The Bertz CT molecular complexity index is 1370. The van der Waals surface area contributed by atoms with E-state index >= 15 is 0 Å². The number of aromatic nitrogens is 2. The van der Waals surface area contributed by atoms with Crippen LogP contribution in [0.1, 0.15) is 23.6 Å². The highest BCUT2D eigenvalue weighted by Gasteiger charge is 2.40. The molecule has 0 bridgehead atoms. The first-order valence-electron chi connectivity index (χ1n) is 10.8. The van der Waals surface area contributed by atoms with Gasteiger partial charge in [-0.2, -0.15) is 5.10 Å². The summed E-state index contributed by atoms with van der Waals surface area (Å²) in [6.07, 6.45) is 0. The van der Waals surface area contributed by atoms with Crippen molar-refractivity contribution in [2.24, 2.45) is 0 Å². The van der Waals surface area contributed by atoms with Gasteiger partial charge in [0.15, 0.2) is 0 Å². The van der Waals surface area contributed by atoms with Crippen LogP contribution >= 0.6 is 38.5 Å². The highest BCUT2D eigenvalue weighted by molar-refractivity contribution is 14.1. The minimum absolute atomic E-state index is 0.124. The van der Waals surface area contributed by atoms with Crippen LogP contribution in [0.3, 0.4) is 0 Å². The van der Waals surface area contributed by atoms with Gasteiger partial charge < -0.3 is 5.32 Å². The van der Waals surface area contributed by atoms with Crippen molar-refractivity contribution in [3.05, 3.63) is 128 Å². The monoisotopic (exact) mass is 621 g/mol. The van der Waals surface area contributed by atoms with Gasteiger partial charge in [0.2, 0.25) is 5.91 Å². The number of hydrogen-bond acceptors (Lipinski definition) is 2. The maximum Gasteiger partial charge on any atom is 0.221 e. The molecule has 4 aromatic carbocycles. The highest BCUT2D eigenvalue weighted by Crippen LogP contribution is 2.44. The fourth-order valence-electron chi connectivity index (χ4n) is 4.54. The molecule has 1 aromatic heterocycles. The summed E-state index contributed by atoms with van der Waals surface area (Å²) >= 11 is 5.91. The lowest BCUT2D eigenvalue weighted by Crippen LogP contribution is -2.38. The first-order valence-corrected chi connectivity index (χ1v) is 12.7. The minimum Gasteiger partial charge on any atom is -0.325 e. The Balaban J connectivity index is 1.95. The van der Waals surface area contributed by atoms with E-state index in [9.17, 15) is 4.79 Å². The van der Waals surface area contributed by atoms with Crippen molar-refractivity contribution >= 4 is 61.0 Å². The zero-order chi connectivity index (χ0) is 23.7. The van der Waals surface area contributed by atoms with E-state index in [0.717, 1.165) is 35.8 Å². The van der Waals surface area contributed by atoms with Gasteiger partial charge in [-0.15, -0.1) is 0 Å². The summed E-state index contributed by atoms with van der Waals surface area (Å²) in [7, 11) is 0. The molecular formula is C28H21BrIN3O. The summed E-state index contributed by atoms with van der Waals surface area (Å²) < 4.78 is 3.80. The van der Waals surface area contributed by atoms with Gasteiger partial charge in [-0.05, 0) is 67.3 Å². The van der Waals surface area contributed by atoms with Crippen molar-refractivity contribution in [3.63, 3.8) is 0 Å². The Hall–Kier alpha value is -2.97.